The molecule has 0 bridgehead atoms. The number of aryl methyl sites for hydroxylation is 1. The first-order valence-electron chi connectivity index (χ1n) is 5.23. The third-order valence-corrected chi connectivity index (χ3v) is 4.63. The lowest BCUT2D eigenvalue weighted by molar-refractivity contribution is 0.619. The van der Waals surface area contributed by atoms with Crippen molar-refractivity contribution in [2.75, 3.05) is 11.5 Å². The zero-order valence-electron chi connectivity index (χ0n) is 9.62. The summed E-state index contributed by atoms with van der Waals surface area (Å²) in [5.41, 5.74) is 2.89. The summed E-state index contributed by atoms with van der Waals surface area (Å²) in [6.07, 6.45) is 0. The van der Waals surface area contributed by atoms with Crippen molar-refractivity contribution >= 4 is 23.1 Å². The molecular formula is C11H20N2S2. The largest absolute Gasteiger partial charge is 0.271 e. The maximum absolute atomic E-state index is 5.57. The molecule has 15 heavy (non-hydrogen) atoms. The second-order valence-corrected chi connectivity index (χ2v) is 6.49. The lowest BCUT2D eigenvalue weighted by Gasteiger charge is -2.14. The topological polar surface area (TPSA) is 38.0 Å². The Labute approximate surface area is 101 Å². The Hall–Kier alpha value is -0.0300. The monoisotopic (exact) mass is 244 g/mol. The highest BCUT2D eigenvalue weighted by molar-refractivity contribution is 7.99. The van der Waals surface area contributed by atoms with Crippen LogP contribution in [0.15, 0.2) is 12.1 Å². The first kappa shape index (κ1) is 13.0. The Balaban J connectivity index is 2.42. The van der Waals surface area contributed by atoms with E-state index in [9.17, 15) is 0 Å². The van der Waals surface area contributed by atoms with Crippen LogP contribution in [-0.2, 0) is 0 Å². The summed E-state index contributed by atoms with van der Waals surface area (Å²) in [5.74, 6) is 8.57. The number of hydrogen-bond acceptors (Lipinski definition) is 4. The summed E-state index contributed by atoms with van der Waals surface area (Å²) in [6, 6.07) is 4.62. The van der Waals surface area contributed by atoms with Crippen molar-refractivity contribution in [3.8, 4) is 0 Å². The van der Waals surface area contributed by atoms with E-state index in [1.54, 1.807) is 0 Å². The molecule has 2 nitrogen and oxygen atoms in total. The van der Waals surface area contributed by atoms with Gasteiger partial charge in [-0.3, -0.25) is 11.3 Å². The molecule has 0 aliphatic rings. The van der Waals surface area contributed by atoms with Crippen LogP contribution in [0.2, 0.25) is 0 Å². The summed E-state index contributed by atoms with van der Waals surface area (Å²) in [5, 5.41) is 0. The number of hydrazine groups is 1. The Morgan fingerprint density at radius 3 is 2.60 bits per heavy atom. The normalized spacial score (nSPS) is 13.4. The summed E-state index contributed by atoms with van der Waals surface area (Å²) >= 11 is 3.79. The Kier molecular flexibility index (Phi) is 5.68. The minimum Gasteiger partial charge on any atom is -0.271 e. The molecule has 1 heterocycles. The van der Waals surface area contributed by atoms with E-state index in [2.05, 4.69) is 38.3 Å². The SMILES string of the molecule is Cc1ccc(C(CSCC(C)C)NN)s1. The van der Waals surface area contributed by atoms with Crippen molar-refractivity contribution in [2.24, 2.45) is 11.8 Å². The molecule has 4 heteroatoms. The molecule has 1 unspecified atom stereocenters. The number of thiophene rings is 1. The first-order valence-corrected chi connectivity index (χ1v) is 7.20. The predicted molar refractivity (Wildman–Crippen MR) is 71.3 cm³/mol. The number of nitrogens with one attached hydrogen (secondary N) is 1. The quantitative estimate of drug-likeness (QED) is 0.597. The van der Waals surface area contributed by atoms with E-state index >= 15 is 0 Å². The van der Waals surface area contributed by atoms with Gasteiger partial charge in [0.25, 0.3) is 0 Å². The van der Waals surface area contributed by atoms with Gasteiger partial charge in [-0.2, -0.15) is 11.8 Å². The first-order chi connectivity index (χ1) is 7.13. The molecule has 1 aromatic rings. The summed E-state index contributed by atoms with van der Waals surface area (Å²) in [6.45, 7) is 6.61. The predicted octanol–water partition coefficient (Wildman–Crippen LogP) is 2.95. The third-order valence-electron chi connectivity index (χ3n) is 2.04. The van der Waals surface area contributed by atoms with E-state index in [4.69, 9.17) is 5.84 Å². The fourth-order valence-corrected chi connectivity index (χ4v) is 3.44. The van der Waals surface area contributed by atoms with Gasteiger partial charge in [0.1, 0.15) is 0 Å². The summed E-state index contributed by atoms with van der Waals surface area (Å²) in [4.78, 5) is 2.69. The van der Waals surface area contributed by atoms with Gasteiger partial charge in [0.05, 0.1) is 6.04 Å². The lowest BCUT2D eigenvalue weighted by Crippen LogP contribution is -2.29. The van der Waals surface area contributed by atoms with E-state index in [0.29, 0.717) is 6.04 Å². The van der Waals surface area contributed by atoms with Crippen LogP contribution in [0.5, 0.6) is 0 Å². The second-order valence-electron chi connectivity index (χ2n) is 4.10. The standard InChI is InChI=1S/C11H20N2S2/c1-8(2)6-14-7-10(13-12)11-5-4-9(3)15-11/h4-5,8,10,13H,6-7,12H2,1-3H3. The van der Waals surface area contributed by atoms with Crippen LogP contribution >= 0.6 is 23.1 Å². The molecule has 0 saturated heterocycles. The van der Waals surface area contributed by atoms with Crippen LogP contribution < -0.4 is 11.3 Å². The van der Waals surface area contributed by atoms with Crippen LogP contribution in [0.25, 0.3) is 0 Å². The average molecular weight is 244 g/mol. The van der Waals surface area contributed by atoms with Crippen LogP contribution in [0.4, 0.5) is 0 Å². The smallest absolute Gasteiger partial charge is 0.0643 e. The van der Waals surface area contributed by atoms with Gasteiger partial charge in [-0.25, -0.2) is 0 Å². The van der Waals surface area contributed by atoms with Gasteiger partial charge in [-0.05, 0) is 30.7 Å². The van der Waals surface area contributed by atoms with Crippen molar-refractivity contribution in [1.29, 1.82) is 0 Å². The molecule has 0 saturated carbocycles. The second kappa shape index (κ2) is 6.53. The maximum Gasteiger partial charge on any atom is 0.0643 e. The van der Waals surface area contributed by atoms with Crippen molar-refractivity contribution in [1.82, 2.24) is 5.43 Å². The molecule has 1 aromatic heterocycles. The molecule has 0 aliphatic heterocycles. The van der Waals surface area contributed by atoms with E-state index in [0.717, 1.165) is 11.7 Å². The number of hydrogen-bond donors (Lipinski definition) is 2. The Morgan fingerprint density at radius 1 is 1.40 bits per heavy atom. The summed E-state index contributed by atoms with van der Waals surface area (Å²) in [7, 11) is 0. The lowest BCUT2D eigenvalue weighted by atomic mass is 10.3. The van der Waals surface area contributed by atoms with Gasteiger partial charge >= 0.3 is 0 Å². The Bertz CT molecular complexity index is 284. The highest BCUT2D eigenvalue weighted by Gasteiger charge is 2.11. The minimum atomic E-state index is 0.299. The minimum absolute atomic E-state index is 0.299. The van der Waals surface area contributed by atoms with Gasteiger partial charge in [-0.15, -0.1) is 11.3 Å². The van der Waals surface area contributed by atoms with Gasteiger partial charge < -0.3 is 0 Å². The molecule has 86 valence electrons. The van der Waals surface area contributed by atoms with E-state index in [-0.39, 0.29) is 0 Å². The average Bonchev–Trinajstić information content (AvgIpc) is 2.59. The molecule has 0 radical (unpaired) electrons. The zero-order chi connectivity index (χ0) is 11.3. The summed E-state index contributed by atoms with van der Waals surface area (Å²) < 4.78 is 0. The highest BCUT2D eigenvalue weighted by Crippen LogP contribution is 2.25. The van der Waals surface area contributed by atoms with Crippen LogP contribution in [0, 0.1) is 12.8 Å². The van der Waals surface area contributed by atoms with Gasteiger partial charge in [-0.1, -0.05) is 13.8 Å². The number of nitrogens with two attached hydrogens (primary N) is 1. The third kappa shape index (κ3) is 4.55. The molecule has 1 atom stereocenters. The number of thioether (sulfide) groups is 1. The zero-order valence-corrected chi connectivity index (χ0v) is 11.3. The maximum atomic E-state index is 5.57. The van der Waals surface area contributed by atoms with Crippen molar-refractivity contribution in [3.05, 3.63) is 21.9 Å². The van der Waals surface area contributed by atoms with E-state index < -0.39 is 0 Å². The van der Waals surface area contributed by atoms with Gasteiger partial charge in [0.15, 0.2) is 0 Å². The van der Waals surface area contributed by atoms with Crippen LogP contribution in [0.1, 0.15) is 29.6 Å². The molecular weight excluding hydrogens is 224 g/mol. The Morgan fingerprint density at radius 2 is 2.13 bits per heavy atom. The van der Waals surface area contributed by atoms with Crippen molar-refractivity contribution in [3.63, 3.8) is 0 Å². The molecule has 0 aromatic carbocycles. The number of rotatable bonds is 6. The molecule has 0 spiro atoms. The van der Waals surface area contributed by atoms with Crippen LogP contribution in [0.3, 0.4) is 0 Å². The van der Waals surface area contributed by atoms with E-state index in [1.807, 2.05) is 23.1 Å². The van der Waals surface area contributed by atoms with Gasteiger partial charge in [0, 0.05) is 15.5 Å². The molecule has 0 aliphatic carbocycles. The molecule has 0 amide bonds. The molecule has 0 fully saturated rings. The fourth-order valence-electron chi connectivity index (χ4n) is 1.27. The van der Waals surface area contributed by atoms with Crippen molar-refractivity contribution < 1.29 is 0 Å². The fraction of sp³-hybridized carbons (Fsp3) is 0.636. The molecule has 3 N–H and O–H groups in total. The molecule has 1 rings (SSSR count). The van der Waals surface area contributed by atoms with E-state index in [1.165, 1.54) is 15.5 Å². The van der Waals surface area contributed by atoms with Crippen molar-refractivity contribution in [2.45, 2.75) is 26.8 Å². The van der Waals surface area contributed by atoms with Crippen LogP contribution in [-0.4, -0.2) is 11.5 Å². The highest BCUT2D eigenvalue weighted by atomic mass is 32.2. The van der Waals surface area contributed by atoms with Gasteiger partial charge in [0.2, 0.25) is 0 Å².